The summed E-state index contributed by atoms with van der Waals surface area (Å²) in [5.41, 5.74) is 4.19. The maximum atomic E-state index is 12.9. The van der Waals surface area contributed by atoms with Crippen molar-refractivity contribution in [3.05, 3.63) is 84.2 Å². The maximum Gasteiger partial charge on any atom is 0.224 e. The quantitative estimate of drug-likeness (QED) is 0.261. The number of aryl methyl sites for hydroxylation is 1. The highest BCUT2D eigenvalue weighted by Gasteiger charge is 2.19. The number of aromatic nitrogens is 4. The average Bonchev–Trinajstić information content (AvgIpc) is 3.27. The number of rotatable bonds is 9. The number of amides is 1. The zero-order valence-electron chi connectivity index (χ0n) is 19.1. The summed E-state index contributed by atoms with van der Waals surface area (Å²) in [6, 6.07) is 18.8. The van der Waals surface area contributed by atoms with E-state index in [9.17, 15) is 9.59 Å². The molecule has 1 N–H and O–H groups in total. The Labute approximate surface area is 202 Å². The zero-order valence-corrected chi connectivity index (χ0v) is 19.9. The zero-order chi connectivity index (χ0) is 23.9. The number of para-hydroxylation sites is 1. The summed E-state index contributed by atoms with van der Waals surface area (Å²) in [6.45, 7) is 3.99. The number of carbonyl (C=O) groups is 2. The molecule has 0 fully saturated rings. The van der Waals surface area contributed by atoms with Crippen molar-refractivity contribution < 1.29 is 9.59 Å². The summed E-state index contributed by atoms with van der Waals surface area (Å²) in [6.07, 6.45) is 4.70. The smallest absolute Gasteiger partial charge is 0.224 e. The van der Waals surface area contributed by atoms with Gasteiger partial charge >= 0.3 is 0 Å². The Hall–Kier alpha value is -3.78. The Bertz CT molecular complexity index is 1290. The Morgan fingerprint density at radius 2 is 1.71 bits per heavy atom. The van der Waals surface area contributed by atoms with E-state index in [2.05, 4.69) is 20.5 Å². The van der Waals surface area contributed by atoms with E-state index in [0.29, 0.717) is 28.7 Å². The molecule has 0 bridgehead atoms. The Morgan fingerprint density at radius 3 is 2.41 bits per heavy atom. The van der Waals surface area contributed by atoms with Crippen molar-refractivity contribution in [3.8, 4) is 17.1 Å². The Kier molecular flexibility index (Phi) is 7.49. The minimum atomic E-state index is -0.0299. The highest BCUT2D eigenvalue weighted by atomic mass is 32.2. The van der Waals surface area contributed by atoms with Gasteiger partial charge in [0.05, 0.1) is 11.4 Å². The second-order valence-corrected chi connectivity index (χ2v) is 8.69. The lowest BCUT2D eigenvalue weighted by atomic mass is 10.1. The lowest BCUT2D eigenvalue weighted by molar-refractivity contribution is -0.116. The van der Waals surface area contributed by atoms with E-state index in [4.69, 9.17) is 0 Å². The van der Waals surface area contributed by atoms with Gasteiger partial charge in [0, 0.05) is 35.6 Å². The van der Waals surface area contributed by atoms with E-state index in [1.54, 1.807) is 36.7 Å². The molecule has 4 rings (SSSR count). The molecular formula is C26H25N5O2S. The van der Waals surface area contributed by atoms with Crippen LogP contribution >= 0.6 is 11.8 Å². The third-order valence-electron chi connectivity index (χ3n) is 5.23. The second-order valence-electron chi connectivity index (χ2n) is 7.75. The molecule has 0 unspecified atom stereocenters. The summed E-state index contributed by atoms with van der Waals surface area (Å²) >= 11 is 1.34. The molecule has 172 valence electrons. The van der Waals surface area contributed by atoms with Gasteiger partial charge in [0.1, 0.15) is 0 Å². The molecule has 0 aliphatic carbocycles. The van der Waals surface area contributed by atoms with Crippen molar-refractivity contribution in [2.24, 2.45) is 0 Å². The number of pyridine rings is 1. The first-order valence-electron chi connectivity index (χ1n) is 11.0. The van der Waals surface area contributed by atoms with Crippen LogP contribution < -0.4 is 5.32 Å². The van der Waals surface area contributed by atoms with Crippen molar-refractivity contribution in [2.75, 3.05) is 11.1 Å². The maximum absolute atomic E-state index is 12.9. The van der Waals surface area contributed by atoms with Gasteiger partial charge < -0.3 is 5.32 Å². The van der Waals surface area contributed by atoms with Crippen LogP contribution in [0.1, 0.15) is 35.7 Å². The molecule has 0 aliphatic heterocycles. The molecule has 7 nitrogen and oxygen atoms in total. The standard InChI is InChI=1S/C26H25N5O2S/c1-3-6-24(33)28-21-11-9-19(10-12-21)23(32)17-34-26-30-29-25(20-13-15-27-16-14-20)31(26)22-8-5-4-7-18(22)2/h4-5,7-16H,3,6,17H2,1-2H3,(H,28,33). The number of nitrogens with zero attached hydrogens (tertiary/aromatic N) is 4. The molecule has 0 saturated heterocycles. The van der Waals surface area contributed by atoms with Crippen LogP contribution in [0.3, 0.4) is 0 Å². The molecule has 34 heavy (non-hydrogen) atoms. The van der Waals surface area contributed by atoms with Crippen molar-refractivity contribution >= 4 is 29.1 Å². The third-order valence-corrected chi connectivity index (χ3v) is 6.16. The number of benzene rings is 2. The molecular weight excluding hydrogens is 446 g/mol. The monoisotopic (exact) mass is 471 g/mol. The van der Waals surface area contributed by atoms with Gasteiger partial charge in [0.15, 0.2) is 16.8 Å². The first kappa shape index (κ1) is 23.4. The van der Waals surface area contributed by atoms with Crippen LogP contribution in [-0.2, 0) is 4.79 Å². The average molecular weight is 472 g/mol. The van der Waals surface area contributed by atoms with Crippen LogP contribution in [0.5, 0.6) is 0 Å². The molecule has 2 aromatic heterocycles. The number of ketones is 1. The van der Waals surface area contributed by atoms with Crippen LogP contribution in [0.4, 0.5) is 5.69 Å². The van der Waals surface area contributed by atoms with Gasteiger partial charge in [0.2, 0.25) is 5.91 Å². The minimum Gasteiger partial charge on any atom is -0.326 e. The summed E-state index contributed by atoms with van der Waals surface area (Å²) in [4.78, 5) is 28.7. The minimum absolute atomic E-state index is 0.0266. The molecule has 0 radical (unpaired) electrons. The molecule has 0 saturated carbocycles. The number of Topliss-reactive ketones (excluding diaryl/α,β-unsaturated/α-hetero) is 1. The van der Waals surface area contributed by atoms with E-state index in [-0.39, 0.29) is 17.4 Å². The van der Waals surface area contributed by atoms with Crippen molar-refractivity contribution in [1.82, 2.24) is 19.7 Å². The molecule has 4 aromatic rings. The van der Waals surface area contributed by atoms with Crippen molar-refractivity contribution in [2.45, 2.75) is 31.8 Å². The topological polar surface area (TPSA) is 89.8 Å². The van der Waals surface area contributed by atoms with E-state index in [0.717, 1.165) is 23.2 Å². The Balaban J connectivity index is 1.54. The number of hydrogen-bond donors (Lipinski definition) is 1. The normalized spacial score (nSPS) is 10.8. The van der Waals surface area contributed by atoms with Gasteiger partial charge in [-0.05, 0) is 61.4 Å². The molecule has 2 heterocycles. The molecule has 0 spiro atoms. The van der Waals surface area contributed by atoms with Gasteiger partial charge in [-0.15, -0.1) is 10.2 Å². The van der Waals surface area contributed by atoms with Crippen LogP contribution in [0.2, 0.25) is 0 Å². The summed E-state index contributed by atoms with van der Waals surface area (Å²) in [5, 5.41) is 12.3. The van der Waals surface area contributed by atoms with Crippen molar-refractivity contribution in [1.29, 1.82) is 0 Å². The van der Waals surface area contributed by atoms with Gasteiger partial charge in [0.25, 0.3) is 0 Å². The highest BCUT2D eigenvalue weighted by molar-refractivity contribution is 7.99. The summed E-state index contributed by atoms with van der Waals surface area (Å²) in [5.74, 6) is 0.847. The number of thioether (sulfide) groups is 1. The highest BCUT2D eigenvalue weighted by Crippen LogP contribution is 2.29. The molecule has 1 amide bonds. The van der Waals surface area contributed by atoms with Crippen LogP contribution in [-0.4, -0.2) is 37.2 Å². The third kappa shape index (κ3) is 5.40. The number of hydrogen-bond acceptors (Lipinski definition) is 6. The number of anilines is 1. The fourth-order valence-electron chi connectivity index (χ4n) is 3.49. The van der Waals surface area contributed by atoms with E-state index >= 15 is 0 Å². The lowest BCUT2D eigenvalue weighted by Gasteiger charge is -2.12. The molecule has 8 heteroatoms. The van der Waals surface area contributed by atoms with Gasteiger partial charge in [-0.3, -0.25) is 19.1 Å². The fourth-order valence-corrected chi connectivity index (χ4v) is 4.33. The first-order chi connectivity index (χ1) is 16.6. The molecule has 2 aromatic carbocycles. The second kappa shape index (κ2) is 10.9. The number of nitrogens with one attached hydrogen (secondary N) is 1. The predicted molar refractivity (Wildman–Crippen MR) is 134 cm³/mol. The van der Waals surface area contributed by atoms with Gasteiger partial charge in [-0.25, -0.2) is 0 Å². The first-order valence-corrected chi connectivity index (χ1v) is 12.0. The predicted octanol–water partition coefficient (Wildman–Crippen LogP) is 5.35. The Morgan fingerprint density at radius 1 is 0.971 bits per heavy atom. The van der Waals surface area contributed by atoms with Crippen molar-refractivity contribution in [3.63, 3.8) is 0 Å². The molecule has 0 aliphatic rings. The summed E-state index contributed by atoms with van der Waals surface area (Å²) in [7, 11) is 0. The van der Waals surface area contributed by atoms with Crippen LogP contribution in [0, 0.1) is 6.92 Å². The molecule has 0 atom stereocenters. The largest absolute Gasteiger partial charge is 0.326 e. The van der Waals surface area contributed by atoms with Gasteiger partial charge in [-0.1, -0.05) is 36.9 Å². The van der Waals surface area contributed by atoms with E-state index < -0.39 is 0 Å². The van der Waals surface area contributed by atoms with Crippen LogP contribution in [0.15, 0.2) is 78.2 Å². The van der Waals surface area contributed by atoms with Gasteiger partial charge in [-0.2, -0.15) is 0 Å². The summed E-state index contributed by atoms with van der Waals surface area (Å²) < 4.78 is 1.98. The van der Waals surface area contributed by atoms with E-state index in [1.165, 1.54) is 11.8 Å². The van der Waals surface area contributed by atoms with E-state index in [1.807, 2.05) is 54.8 Å². The number of carbonyl (C=O) groups excluding carboxylic acids is 2. The lowest BCUT2D eigenvalue weighted by Crippen LogP contribution is -2.11. The fraction of sp³-hybridized carbons (Fsp3) is 0.192. The SMILES string of the molecule is CCCC(=O)Nc1ccc(C(=O)CSc2nnc(-c3ccncc3)n2-c2ccccc2C)cc1. The van der Waals surface area contributed by atoms with Crippen LogP contribution in [0.25, 0.3) is 17.1 Å².